The minimum absolute atomic E-state index is 0. The van der Waals surface area contributed by atoms with Crippen LogP contribution in [0.15, 0.2) is 29.3 Å². The summed E-state index contributed by atoms with van der Waals surface area (Å²) in [6.45, 7) is 6.89. The second-order valence-electron chi connectivity index (χ2n) is 8.26. The van der Waals surface area contributed by atoms with Gasteiger partial charge in [0.05, 0.1) is 6.54 Å². The summed E-state index contributed by atoms with van der Waals surface area (Å²) in [7, 11) is 5.90. The van der Waals surface area contributed by atoms with E-state index in [9.17, 15) is 0 Å². The lowest BCUT2D eigenvalue weighted by molar-refractivity contribution is 0.138. The van der Waals surface area contributed by atoms with Crippen molar-refractivity contribution in [3.8, 4) is 5.75 Å². The molecule has 1 aliphatic rings. The lowest BCUT2D eigenvalue weighted by Crippen LogP contribution is -2.43. The molecule has 2 N–H and O–H groups in total. The molecule has 172 valence electrons. The molecule has 0 bridgehead atoms. The molecule has 0 aliphatic heterocycles. The third kappa shape index (κ3) is 9.39. The molecule has 0 unspecified atom stereocenters. The molecule has 0 aromatic heterocycles. The number of ether oxygens (including phenoxy) is 2. The lowest BCUT2D eigenvalue weighted by atomic mass is 9.83. The van der Waals surface area contributed by atoms with Gasteiger partial charge >= 0.3 is 0 Å². The van der Waals surface area contributed by atoms with Crippen molar-refractivity contribution in [1.82, 2.24) is 15.5 Å². The van der Waals surface area contributed by atoms with E-state index in [2.05, 4.69) is 42.6 Å². The Morgan fingerprint density at radius 1 is 1.13 bits per heavy atom. The van der Waals surface area contributed by atoms with Crippen molar-refractivity contribution in [2.75, 3.05) is 54.1 Å². The Hall–Kier alpha value is -1.06. The Morgan fingerprint density at radius 3 is 2.53 bits per heavy atom. The normalized spacial score (nSPS) is 15.7. The number of hydrogen-bond donors (Lipinski definition) is 2. The Labute approximate surface area is 200 Å². The molecule has 0 saturated heterocycles. The van der Waals surface area contributed by atoms with Crippen LogP contribution >= 0.6 is 24.0 Å². The van der Waals surface area contributed by atoms with Crippen molar-refractivity contribution in [2.24, 2.45) is 10.4 Å². The summed E-state index contributed by atoms with van der Waals surface area (Å²) in [5.74, 6) is 1.79. The van der Waals surface area contributed by atoms with Gasteiger partial charge in [0, 0.05) is 38.9 Å². The summed E-state index contributed by atoms with van der Waals surface area (Å²) in [6, 6.07) is 8.18. The van der Waals surface area contributed by atoms with E-state index in [1.54, 1.807) is 7.11 Å². The van der Waals surface area contributed by atoms with E-state index in [-0.39, 0.29) is 24.0 Å². The van der Waals surface area contributed by atoms with E-state index in [1.807, 2.05) is 18.2 Å². The van der Waals surface area contributed by atoms with Gasteiger partial charge in [0.15, 0.2) is 5.96 Å². The van der Waals surface area contributed by atoms with E-state index in [0.717, 1.165) is 49.9 Å². The summed E-state index contributed by atoms with van der Waals surface area (Å²) in [6.07, 6.45) is 6.28. The number of nitrogens with one attached hydrogen (secondary N) is 2. The third-order valence-corrected chi connectivity index (χ3v) is 5.65. The van der Waals surface area contributed by atoms with E-state index >= 15 is 0 Å². The minimum Gasteiger partial charge on any atom is -0.492 e. The molecule has 0 heterocycles. The number of guanidine groups is 1. The summed E-state index contributed by atoms with van der Waals surface area (Å²) in [5.41, 5.74) is 1.44. The smallest absolute Gasteiger partial charge is 0.191 e. The SMILES string of the molecule is CCNC(=NCc1ccccc1OCCN(C)C)NCC1(CCOC)CCCC1.I. The monoisotopic (exact) mass is 532 g/mol. The molecule has 0 atom stereocenters. The highest BCUT2D eigenvalue weighted by molar-refractivity contribution is 14.0. The van der Waals surface area contributed by atoms with E-state index in [4.69, 9.17) is 14.5 Å². The summed E-state index contributed by atoms with van der Waals surface area (Å²) in [4.78, 5) is 6.95. The van der Waals surface area contributed by atoms with Gasteiger partial charge < -0.3 is 25.0 Å². The lowest BCUT2D eigenvalue weighted by Gasteiger charge is -2.30. The van der Waals surface area contributed by atoms with Crippen molar-refractivity contribution in [1.29, 1.82) is 0 Å². The maximum absolute atomic E-state index is 5.98. The van der Waals surface area contributed by atoms with E-state index in [1.165, 1.54) is 25.7 Å². The first-order valence-corrected chi connectivity index (χ1v) is 10.9. The first-order valence-electron chi connectivity index (χ1n) is 10.9. The van der Waals surface area contributed by atoms with Crippen LogP contribution in [-0.2, 0) is 11.3 Å². The molecule has 1 aromatic rings. The number of nitrogens with zero attached hydrogens (tertiary/aromatic N) is 2. The summed E-state index contributed by atoms with van der Waals surface area (Å²) in [5, 5.41) is 6.98. The molecule has 1 saturated carbocycles. The fraction of sp³-hybridized carbons (Fsp3) is 0.696. The van der Waals surface area contributed by atoms with Gasteiger partial charge in [0.25, 0.3) is 0 Å². The van der Waals surface area contributed by atoms with Gasteiger partial charge in [-0.25, -0.2) is 4.99 Å². The second kappa shape index (κ2) is 14.9. The quantitative estimate of drug-likeness (QED) is 0.243. The zero-order valence-electron chi connectivity index (χ0n) is 19.2. The van der Waals surface area contributed by atoms with Gasteiger partial charge in [-0.15, -0.1) is 24.0 Å². The number of aliphatic imine (C=N–C) groups is 1. The van der Waals surface area contributed by atoms with Gasteiger partial charge in [-0.1, -0.05) is 31.0 Å². The Balaban J connectivity index is 0.00000450. The zero-order chi connectivity index (χ0) is 21.0. The number of likely N-dealkylation sites (N-methyl/N-ethyl adjacent to an activating group) is 1. The predicted octanol–water partition coefficient (Wildman–Crippen LogP) is 3.90. The van der Waals surface area contributed by atoms with Gasteiger partial charge in [0.2, 0.25) is 0 Å². The standard InChI is InChI=1S/C23H40N4O2.HI/c1-5-24-22(26-19-23(14-16-28-4)12-8-9-13-23)25-18-20-10-6-7-11-21(20)29-17-15-27(2)3;/h6-7,10-11H,5,8-9,12-19H2,1-4H3,(H2,24,25,26);1H. The first kappa shape index (κ1) is 27.0. The molecule has 30 heavy (non-hydrogen) atoms. The molecule has 6 nitrogen and oxygen atoms in total. The second-order valence-corrected chi connectivity index (χ2v) is 8.26. The van der Waals surface area contributed by atoms with E-state index < -0.39 is 0 Å². The molecule has 1 aromatic carbocycles. The number of rotatable bonds is 12. The van der Waals surface area contributed by atoms with Crippen molar-refractivity contribution in [2.45, 2.75) is 45.6 Å². The molecule has 0 spiro atoms. The average molecular weight is 533 g/mol. The van der Waals surface area contributed by atoms with Gasteiger partial charge in [-0.3, -0.25) is 0 Å². The Kier molecular flexibility index (Phi) is 13.4. The molecule has 7 heteroatoms. The van der Waals surface area contributed by atoms with Crippen LogP contribution in [0.4, 0.5) is 0 Å². The van der Waals surface area contributed by atoms with Crippen LogP contribution in [0.2, 0.25) is 0 Å². The van der Waals surface area contributed by atoms with Crippen LogP contribution in [0.25, 0.3) is 0 Å². The fourth-order valence-electron chi connectivity index (χ4n) is 3.85. The van der Waals surface area contributed by atoms with Crippen LogP contribution in [0.1, 0.15) is 44.6 Å². The van der Waals surface area contributed by atoms with Crippen molar-refractivity contribution in [3.05, 3.63) is 29.8 Å². The number of para-hydroxylation sites is 1. The van der Waals surface area contributed by atoms with Crippen molar-refractivity contribution in [3.63, 3.8) is 0 Å². The first-order chi connectivity index (χ1) is 14.1. The average Bonchev–Trinajstić information content (AvgIpc) is 3.18. The van der Waals surface area contributed by atoms with Crippen LogP contribution in [0.5, 0.6) is 5.75 Å². The minimum atomic E-state index is 0. The van der Waals surface area contributed by atoms with Crippen molar-refractivity contribution < 1.29 is 9.47 Å². The number of halogens is 1. The molecule has 1 aliphatic carbocycles. The van der Waals surface area contributed by atoms with Crippen LogP contribution in [0, 0.1) is 5.41 Å². The van der Waals surface area contributed by atoms with Crippen LogP contribution in [0.3, 0.4) is 0 Å². The largest absolute Gasteiger partial charge is 0.492 e. The fourth-order valence-corrected chi connectivity index (χ4v) is 3.85. The highest BCUT2D eigenvalue weighted by Crippen LogP contribution is 2.40. The van der Waals surface area contributed by atoms with Crippen LogP contribution in [-0.4, -0.2) is 64.9 Å². The summed E-state index contributed by atoms with van der Waals surface area (Å²) >= 11 is 0. The third-order valence-electron chi connectivity index (χ3n) is 5.65. The Morgan fingerprint density at radius 2 is 1.87 bits per heavy atom. The van der Waals surface area contributed by atoms with Crippen molar-refractivity contribution >= 4 is 29.9 Å². The number of methoxy groups -OCH3 is 1. The topological polar surface area (TPSA) is 58.1 Å². The van der Waals surface area contributed by atoms with E-state index in [0.29, 0.717) is 18.6 Å². The van der Waals surface area contributed by atoms with Crippen LogP contribution < -0.4 is 15.4 Å². The summed E-state index contributed by atoms with van der Waals surface area (Å²) < 4.78 is 11.3. The molecule has 0 radical (unpaired) electrons. The van der Waals surface area contributed by atoms with Gasteiger partial charge in [0.1, 0.15) is 12.4 Å². The maximum Gasteiger partial charge on any atom is 0.191 e. The predicted molar refractivity (Wildman–Crippen MR) is 136 cm³/mol. The van der Waals surface area contributed by atoms with Gasteiger partial charge in [-0.2, -0.15) is 0 Å². The molecule has 1 fully saturated rings. The molecular weight excluding hydrogens is 491 g/mol. The van der Waals surface area contributed by atoms with Gasteiger partial charge in [-0.05, 0) is 51.8 Å². The maximum atomic E-state index is 5.98. The molecule has 0 amide bonds. The zero-order valence-corrected chi connectivity index (χ0v) is 21.5. The molecule has 2 rings (SSSR count). The molecular formula is C23H41IN4O2. The number of hydrogen-bond acceptors (Lipinski definition) is 4. The Bertz CT molecular complexity index is 619. The highest BCUT2D eigenvalue weighted by Gasteiger charge is 2.33. The highest BCUT2D eigenvalue weighted by atomic mass is 127. The number of benzene rings is 1.